The normalized spacial score (nSPS) is 20.0. The Labute approximate surface area is 170 Å². The lowest BCUT2D eigenvalue weighted by Gasteiger charge is -2.27. The van der Waals surface area contributed by atoms with E-state index in [4.69, 9.17) is 4.74 Å². The van der Waals surface area contributed by atoms with E-state index in [0.717, 1.165) is 56.8 Å². The Kier molecular flexibility index (Phi) is 6.36. The van der Waals surface area contributed by atoms with Crippen LogP contribution in [-0.2, 0) is 30.7 Å². The van der Waals surface area contributed by atoms with Gasteiger partial charge in [-0.15, -0.1) is 11.3 Å². The van der Waals surface area contributed by atoms with E-state index in [1.165, 1.54) is 16.0 Å². The van der Waals surface area contributed by atoms with Crippen molar-refractivity contribution in [2.24, 2.45) is 0 Å². The van der Waals surface area contributed by atoms with Crippen LogP contribution >= 0.6 is 11.3 Å². The zero-order valence-electron chi connectivity index (χ0n) is 16.4. The van der Waals surface area contributed by atoms with Crippen LogP contribution in [0.4, 0.5) is 0 Å². The second-order valence-corrected chi connectivity index (χ2v) is 8.39. The van der Waals surface area contributed by atoms with Crippen molar-refractivity contribution < 1.29 is 9.53 Å². The van der Waals surface area contributed by atoms with Gasteiger partial charge in [0, 0.05) is 55.7 Å². The number of rotatable bonds is 6. The average Bonchev–Trinajstić information content (AvgIpc) is 3.17. The first-order chi connectivity index (χ1) is 13.7. The molecule has 6 nitrogen and oxygen atoms in total. The fourth-order valence-corrected chi connectivity index (χ4v) is 4.87. The van der Waals surface area contributed by atoms with E-state index >= 15 is 0 Å². The maximum Gasteiger partial charge on any atom is 0.252 e. The zero-order valence-corrected chi connectivity index (χ0v) is 17.2. The fraction of sp³-hybridized carbons (Fsp3) is 0.524. The van der Waals surface area contributed by atoms with Gasteiger partial charge in [-0.1, -0.05) is 13.0 Å². The number of aromatic nitrogens is 1. The molecule has 1 amide bonds. The van der Waals surface area contributed by atoms with Crippen LogP contribution in [0.1, 0.15) is 39.0 Å². The molecule has 2 N–H and O–H groups in total. The van der Waals surface area contributed by atoms with E-state index in [-0.39, 0.29) is 12.0 Å². The Morgan fingerprint density at radius 2 is 2.39 bits per heavy atom. The Morgan fingerprint density at radius 3 is 3.14 bits per heavy atom. The van der Waals surface area contributed by atoms with Gasteiger partial charge in [0.25, 0.3) is 5.91 Å². The second-order valence-electron chi connectivity index (χ2n) is 7.43. The topological polar surface area (TPSA) is 66.5 Å². The molecule has 2 aromatic rings. The Bertz CT molecular complexity index is 799. The molecule has 4 heterocycles. The van der Waals surface area contributed by atoms with E-state index < -0.39 is 0 Å². The van der Waals surface area contributed by atoms with Crippen molar-refractivity contribution in [2.75, 3.05) is 32.8 Å². The number of hydrogen-bond acceptors (Lipinski definition) is 6. The van der Waals surface area contributed by atoms with Crippen molar-refractivity contribution in [3.63, 3.8) is 0 Å². The quantitative estimate of drug-likeness (QED) is 0.776. The number of nitrogens with one attached hydrogen (secondary N) is 2. The number of pyridine rings is 1. The molecule has 0 unspecified atom stereocenters. The van der Waals surface area contributed by atoms with Crippen LogP contribution in [0.5, 0.6) is 0 Å². The third-order valence-corrected chi connectivity index (χ3v) is 6.46. The van der Waals surface area contributed by atoms with E-state index in [1.54, 1.807) is 11.3 Å². The highest BCUT2D eigenvalue weighted by Crippen LogP contribution is 2.29. The van der Waals surface area contributed by atoms with Crippen molar-refractivity contribution in [1.29, 1.82) is 0 Å². The molecule has 28 heavy (non-hydrogen) atoms. The third-order valence-electron chi connectivity index (χ3n) is 5.45. The van der Waals surface area contributed by atoms with Gasteiger partial charge in [0.2, 0.25) is 0 Å². The zero-order chi connectivity index (χ0) is 19.3. The highest BCUT2D eigenvalue weighted by molar-refractivity contribution is 7.10. The molecule has 0 aromatic carbocycles. The van der Waals surface area contributed by atoms with Gasteiger partial charge in [-0.3, -0.25) is 14.7 Å². The van der Waals surface area contributed by atoms with Crippen LogP contribution in [0, 0.1) is 0 Å². The number of aryl methyl sites for hydroxylation is 1. The summed E-state index contributed by atoms with van der Waals surface area (Å²) in [7, 11) is 0. The summed E-state index contributed by atoms with van der Waals surface area (Å²) in [5, 5.41) is 8.35. The number of hydrogen-bond donors (Lipinski definition) is 2. The SMILES string of the molecule is CCc1ccc(CN2CCc3c(C(=O)NC[C@@H]4CNCCO4)csc3C2)nc1. The summed E-state index contributed by atoms with van der Waals surface area (Å²) in [4.78, 5) is 20.9. The summed E-state index contributed by atoms with van der Waals surface area (Å²) in [6.07, 6.45) is 3.97. The summed E-state index contributed by atoms with van der Waals surface area (Å²) >= 11 is 1.70. The molecule has 2 aromatic heterocycles. The van der Waals surface area contributed by atoms with E-state index in [9.17, 15) is 4.79 Å². The summed E-state index contributed by atoms with van der Waals surface area (Å²) in [6.45, 7) is 7.79. The molecule has 1 fully saturated rings. The number of nitrogens with zero attached hydrogens (tertiary/aromatic N) is 2. The standard InChI is InChI=1S/C21H28N4O2S/c1-2-15-3-4-16(23-9-15)12-25-7-5-18-19(14-28-20(18)13-25)21(26)24-11-17-10-22-6-8-27-17/h3-4,9,14,17,22H,2,5-8,10-13H2,1H3,(H,24,26)/t17-/m0/s1. The molecule has 0 bridgehead atoms. The summed E-state index contributed by atoms with van der Waals surface area (Å²) < 4.78 is 5.66. The fourth-order valence-electron chi connectivity index (χ4n) is 3.75. The van der Waals surface area contributed by atoms with Gasteiger partial charge in [0.1, 0.15) is 0 Å². The smallest absolute Gasteiger partial charge is 0.252 e. The Balaban J connectivity index is 1.33. The van der Waals surface area contributed by atoms with Gasteiger partial charge in [-0.05, 0) is 30.0 Å². The highest BCUT2D eigenvalue weighted by Gasteiger charge is 2.24. The molecule has 0 spiro atoms. The van der Waals surface area contributed by atoms with Crippen LogP contribution in [0.2, 0.25) is 0 Å². The van der Waals surface area contributed by atoms with E-state index in [1.807, 2.05) is 11.6 Å². The highest BCUT2D eigenvalue weighted by atomic mass is 32.1. The number of carbonyl (C=O) groups excluding carboxylic acids is 1. The molecule has 150 valence electrons. The van der Waals surface area contributed by atoms with Crippen molar-refractivity contribution in [3.8, 4) is 0 Å². The summed E-state index contributed by atoms with van der Waals surface area (Å²) in [5.74, 6) is 0.0249. The van der Waals surface area contributed by atoms with Crippen LogP contribution in [-0.4, -0.2) is 54.7 Å². The average molecular weight is 401 g/mol. The van der Waals surface area contributed by atoms with Crippen LogP contribution in [0.15, 0.2) is 23.7 Å². The molecule has 2 aliphatic heterocycles. The van der Waals surface area contributed by atoms with Crippen molar-refractivity contribution in [2.45, 2.75) is 39.0 Å². The van der Waals surface area contributed by atoms with Gasteiger partial charge < -0.3 is 15.4 Å². The molecule has 7 heteroatoms. The molecule has 0 radical (unpaired) electrons. The molecule has 4 rings (SSSR count). The lowest BCUT2D eigenvalue weighted by Crippen LogP contribution is -2.45. The van der Waals surface area contributed by atoms with E-state index in [2.05, 4.69) is 39.6 Å². The third kappa shape index (κ3) is 4.60. The number of fused-ring (bicyclic) bond motifs is 1. The maximum atomic E-state index is 12.6. The van der Waals surface area contributed by atoms with Crippen molar-refractivity contribution in [1.82, 2.24) is 20.5 Å². The van der Waals surface area contributed by atoms with Crippen LogP contribution < -0.4 is 10.6 Å². The molecule has 2 aliphatic rings. The molecule has 0 saturated carbocycles. The molecule has 1 atom stereocenters. The van der Waals surface area contributed by atoms with Crippen LogP contribution in [0.25, 0.3) is 0 Å². The molecular formula is C21H28N4O2S. The summed E-state index contributed by atoms with van der Waals surface area (Å²) in [6, 6.07) is 4.29. The van der Waals surface area contributed by atoms with Gasteiger partial charge in [-0.2, -0.15) is 0 Å². The lowest BCUT2D eigenvalue weighted by atomic mass is 10.0. The maximum absolute atomic E-state index is 12.6. The number of carbonyl (C=O) groups is 1. The molecule has 1 saturated heterocycles. The number of amides is 1. The number of thiophene rings is 1. The molecular weight excluding hydrogens is 372 g/mol. The first-order valence-electron chi connectivity index (χ1n) is 10.1. The van der Waals surface area contributed by atoms with E-state index in [0.29, 0.717) is 13.2 Å². The minimum Gasteiger partial charge on any atom is -0.374 e. The first kappa shape index (κ1) is 19.5. The van der Waals surface area contributed by atoms with Crippen molar-refractivity contribution >= 4 is 17.2 Å². The first-order valence-corrected chi connectivity index (χ1v) is 11.0. The predicted octanol–water partition coefficient (Wildman–Crippen LogP) is 1.98. The molecule has 0 aliphatic carbocycles. The number of morpholine rings is 1. The number of ether oxygens (including phenoxy) is 1. The Morgan fingerprint density at radius 1 is 1.46 bits per heavy atom. The Hall–Kier alpha value is -1.80. The van der Waals surface area contributed by atoms with Gasteiger partial charge >= 0.3 is 0 Å². The minimum absolute atomic E-state index is 0.0249. The largest absolute Gasteiger partial charge is 0.374 e. The second kappa shape index (κ2) is 9.13. The summed E-state index contributed by atoms with van der Waals surface area (Å²) in [5.41, 5.74) is 4.44. The predicted molar refractivity (Wildman–Crippen MR) is 111 cm³/mol. The lowest BCUT2D eigenvalue weighted by molar-refractivity contribution is 0.0287. The van der Waals surface area contributed by atoms with Gasteiger partial charge in [0.15, 0.2) is 0 Å². The monoisotopic (exact) mass is 400 g/mol. The minimum atomic E-state index is 0.0249. The van der Waals surface area contributed by atoms with Gasteiger partial charge in [-0.25, -0.2) is 0 Å². The van der Waals surface area contributed by atoms with Gasteiger partial charge in [0.05, 0.1) is 24.0 Å². The van der Waals surface area contributed by atoms with Crippen molar-refractivity contribution in [3.05, 3.63) is 51.0 Å². The van der Waals surface area contributed by atoms with Crippen LogP contribution in [0.3, 0.4) is 0 Å².